The van der Waals surface area contributed by atoms with Crippen LogP contribution in [0.4, 0.5) is 24.5 Å². The molecule has 3 rings (SSSR count). The Labute approximate surface area is 201 Å². The van der Waals surface area contributed by atoms with Crippen molar-refractivity contribution in [2.24, 2.45) is 4.99 Å². The van der Waals surface area contributed by atoms with E-state index in [9.17, 15) is 23.3 Å². The fourth-order valence-corrected chi connectivity index (χ4v) is 3.70. The topological polar surface area (TPSA) is 74.0 Å². The van der Waals surface area contributed by atoms with E-state index in [2.05, 4.69) is 4.99 Å². The van der Waals surface area contributed by atoms with Crippen LogP contribution in [0.15, 0.2) is 53.5 Å². The Morgan fingerprint density at radius 2 is 1.82 bits per heavy atom. The highest BCUT2D eigenvalue weighted by molar-refractivity contribution is 14.1. The lowest BCUT2D eigenvalue weighted by Crippen LogP contribution is -2.06. The SMILES string of the molecule is COc1cc(C=Nc2cccc(C)c2C)cc(I)c1Oc1ccc(C(F)(F)F)cc1[N+](=O)[O-]. The molecule has 0 atom stereocenters. The van der Waals surface area contributed by atoms with Crippen LogP contribution in [0.5, 0.6) is 17.2 Å². The Morgan fingerprint density at radius 1 is 1.09 bits per heavy atom. The molecule has 33 heavy (non-hydrogen) atoms. The number of methoxy groups -OCH3 is 1. The number of alkyl halides is 3. The van der Waals surface area contributed by atoms with E-state index in [0.29, 0.717) is 15.2 Å². The minimum Gasteiger partial charge on any atom is -0.493 e. The first kappa shape index (κ1) is 24.5. The summed E-state index contributed by atoms with van der Waals surface area (Å²) in [4.78, 5) is 15.0. The molecule has 3 aromatic carbocycles. The van der Waals surface area contributed by atoms with Gasteiger partial charge in [-0.2, -0.15) is 13.2 Å². The molecule has 0 heterocycles. The zero-order chi connectivity index (χ0) is 24.3. The van der Waals surface area contributed by atoms with E-state index in [1.54, 1.807) is 18.3 Å². The molecule has 0 fully saturated rings. The lowest BCUT2D eigenvalue weighted by Gasteiger charge is -2.14. The summed E-state index contributed by atoms with van der Waals surface area (Å²) >= 11 is 1.96. The maximum Gasteiger partial charge on any atom is 0.416 e. The summed E-state index contributed by atoms with van der Waals surface area (Å²) in [5.41, 5.74) is 1.71. The third-order valence-electron chi connectivity index (χ3n) is 4.88. The summed E-state index contributed by atoms with van der Waals surface area (Å²) in [5, 5.41) is 11.4. The molecule has 0 unspecified atom stereocenters. The predicted molar refractivity (Wildman–Crippen MR) is 127 cm³/mol. The number of halogens is 4. The molecule has 0 saturated carbocycles. The Hall–Kier alpha value is -3.15. The fourth-order valence-electron chi connectivity index (χ4n) is 2.97. The van der Waals surface area contributed by atoms with E-state index in [1.807, 2.05) is 54.6 Å². The average molecular weight is 570 g/mol. The van der Waals surface area contributed by atoms with E-state index in [1.165, 1.54) is 7.11 Å². The second-order valence-electron chi connectivity index (χ2n) is 7.05. The number of aryl methyl sites for hydroxylation is 1. The van der Waals surface area contributed by atoms with Crippen LogP contribution in [0.25, 0.3) is 0 Å². The smallest absolute Gasteiger partial charge is 0.416 e. The van der Waals surface area contributed by atoms with Crippen LogP contribution >= 0.6 is 22.6 Å². The molecule has 0 aliphatic carbocycles. The molecule has 172 valence electrons. The van der Waals surface area contributed by atoms with Crippen molar-refractivity contribution in [2.75, 3.05) is 7.11 Å². The molecule has 0 saturated heterocycles. The van der Waals surface area contributed by atoms with Crippen molar-refractivity contribution in [3.8, 4) is 17.2 Å². The molecule has 3 aromatic rings. The molecule has 0 spiro atoms. The highest BCUT2D eigenvalue weighted by Crippen LogP contribution is 2.42. The second-order valence-corrected chi connectivity index (χ2v) is 8.21. The first-order valence-electron chi connectivity index (χ1n) is 9.52. The molecular formula is C23H18F3IN2O4. The van der Waals surface area contributed by atoms with Gasteiger partial charge in [0, 0.05) is 12.3 Å². The predicted octanol–water partition coefficient (Wildman–Crippen LogP) is 7.39. The van der Waals surface area contributed by atoms with Gasteiger partial charge in [-0.3, -0.25) is 15.1 Å². The zero-order valence-electron chi connectivity index (χ0n) is 17.7. The van der Waals surface area contributed by atoms with Crippen LogP contribution in [-0.2, 0) is 6.18 Å². The number of hydrogen-bond donors (Lipinski definition) is 0. The molecular weight excluding hydrogens is 552 g/mol. The number of aliphatic imine (C=N–C) groups is 1. The number of nitrogens with zero attached hydrogens (tertiary/aromatic N) is 2. The van der Waals surface area contributed by atoms with E-state index < -0.39 is 22.4 Å². The largest absolute Gasteiger partial charge is 0.493 e. The first-order valence-corrected chi connectivity index (χ1v) is 10.6. The van der Waals surface area contributed by atoms with E-state index in [-0.39, 0.29) is 17.2 Å². The molecule has 0 N–H and O–H groups in total. The Bertz CT molecular complexity index is 1240. The van der Waals surface area contributed by atoms with Crippen LogP contribution in [0, 0.1) is 27.5 Å². The van der Waals surface area contributed by atoms with Crippen molar-refractivity contribution in [3.05, 3.63) is 84.5 Å². The van der Waals surface area contributed by atoms with Gasteiger partial charge in [0.1, 0.15) is 0 Å². The molecule has 0 amide bonds. The standard InChI is InChI=1S/C23H18F3IN2O4/c1-13-5-4-6-18(14(13)2)28-12-15-9-17(27)22(21(10-15)32-3)33-20-8-7-16(23(24,25)26)11-19(20)29(30)31/h4-12H,1-3H3. The normalized spacial score (nSPS) is 11.6. The number of ether oxygens (including phenoxy) is 2. The highest BCUT2D eigenvalue weighted by atomic mass is 127. The Morgan fingerprint density at radius 3 is 2.45 bits per heavy atom. The van der Waals surface area contributed by atoms with Crippen molar-refractivity contribution < 1.29 is 27.6 Å². The van der Waals surface area contributed by atoms with Crippen molar-refractivity contribution in [1.82, 2.24) is 0 Å². The van der Waals surface area contributed by atoms with Crippen molar-refractivity contribution in [2.45, 2.75) is 20.0 Å². The van der Waals surface area contributed by atoms with E-state index in [0.717, 1.165) is 28.9 Å². The van der Waals surface area contributed by atoms with Crippen LogP contribution in [0.1, 0.15) is 22.3 Å². The molecule has 10 heteroatoms. The second kappa shape index (κ2) is 9.77. The summed E-state index contributed by atoms with van der Waals surface area (Å²) in [5.74, 6) is 0.0596. The van der Waals surface area contributed by atoms with Crippen molar-refractivity contribution in [1.29, 1.82) is 0 Å². The van der Waals surface area contributed by atoms with Crippen LogP contribution in [0.2, 0.25) is 0 Å². The average Bonchev–Trinajstić information content (AvgIpc) is 2.75. The molecule has 0 aromatic heterocycles. The maximum atomic E-state index is 13.0. The van der Waals surface area contributed by atoms with Crippen molar-refractivity contribution >= 4 is 40.2 Å². The lowest BCUT2D eigenvalue weighted by atomic mass is 10.1. The van der Waals surface area contributed by atoms with Gasteiger partial charge in [-0.05, 0) is 83.5 Å². The lowest BCUT2D eigenvalue weighted by molar-refractivity contribution is -0.385. The molecule has 0 radical (unpaired) electrons. The number of hydrogen-bond acceptors (Lipinski definition) is 5. The van der Waals surface area contributed by atoms with Gasteiger partial charge >= 0.3 is 11.9 Å². The van der Waals surface area contributed by atoms with Gasteiger partial charge < -0.3 is 9.47 Å². The third kappa shape index (κ3) is 5.62. The number of nitro groups is 1. The quantitative estimate of drug-likeness (QED) is 0.134. The number of rotatable bonds is 6. The number of nitro benzene ring substituents is 1. The van der Waals surface area contributed by atoms with E-state index >= 15 is 0 Å². The van der Waals surface area contributed by atoms with Crippen LogP contribution in [-0.4, -0.2) is 18.2 Å². The van der Waals surface area contributed by atoms with Gasteiger partial charge in [-0.1, -0.05) is 12.1 Å². The molecule has 0 aliphatic heterocycles. The monoisotopic (exact) mass is 570 g/mol. The Kier molecular flexibility index (Phi) is 7.25. The summed E-state index contributed by atoms with van der Waals surface area (Å²) in [6.45, 7) is 3.97. The van der Waals surface area contributed by atoms with Gasteiger partial charge in [-0.15, -0.1) is 0 Å². The van der Waals surface area contributed by atoms with Gasteiger partial charge in [0.15, 0.2) is 11.5 Å². The summed E-state index contributed by atoms with van der Waals surface area (Å²) in [6.07, 6.45) is -3.07. The summed E-state index contributed by atoms with van der Waals surface area (Å²) < 4.78 is 50.4. The summed E-state index contributed by atoms with van der Waals surface area (Å²) in [6, 6.07) is 11.2. The highest BCUT2D eigenvalue weighted by Gasteiger charge is 2.33. The molecule has 0 bridgehead atoms. The van der Waals surface area contributed by atoms with Crippen LogP contribution < -0.4 is 9.47 Å². The van der Waals surface area contributed by atoms with Gasteiger partial charge in [0.2, 0.25) is 5.75 Å². The maximum absolute atomic E-state index is 13.0. The minimum atomic E-state index is -4.72. The third-order valence-corrected chi connectivity index (χ3v) is 5.68. The summed E-state index contributed by atoms with van der Waals surface area (Å²) in [7, 11) is 1.39. The number of benzene rings is 3. The van der Waals surface area contributed by atoms with Gasteiger partial charge in [0.05, 0.1) is 26.9 Å². The van der Waals surface area contributed by atoms with Crippen LogP contribution in [0.3, 0.4) is 0 Å². The van der Waals surface area contributed by atoms with E-state index in [4.69, 9.17) is 9.47 Å². The fraction of sp³-hybridized carbons (Fsp3) is 0.174. The first-order chi connectivity index (χ1) is 15.5. The zero-order valence-corrected chi connectivity index (χ0v) is 19.9. The molecule has 6 nitrogen and oxygen atoms in total. The van der Waals surface area contributed by atoms with Gasteiger partial charge in [0.25, 0.3) is 0 Å². The van der Waals surface area contributed by atoms with Gasteiger partial charge in [-0.25, -0.2) is 0 Å². The van der Waals surface area contributed by atoms with Crippen molar-refractivity contribution in [3.63, 3.8) is 0 Å². The Balaban J connectivity index is 1.98. The molecule has 0 aliphatic rings. The minimum absolute atomic E-state index is 0.143.